The minimum absolute atomic E-state index is 0.210. The maximum atomic E-state index is 2.31. The van der Waals surface area contributed by atoms with E-state index in [2.05, 4.69) is 114 Å². The summed E-state index contributed by atoms with van der Waals surface area (Å²) in [6.45, 7) is 15.5. The largest absolute Gasteiger partial charge is 0.196 e. The summed E-state index contributed by atoms with van der Waals surface area (Å²) in [5.74, 6) is 0. The maximum Gasteiger partial charge on any atom is -0.0487 e. The van der Waals surface area contributed by atoms with Crippen LogP contribution in [0.3, 0.4) is 0 Å². The fraction of sp³-hybridized carbons (Fsp3) is 0.259. The first kappa shape index (κ1) is 23.8. The molecule has 29 heavy (non-hydrogen) atoms. The summed E-state index contributed by atoms with van der Waals surface area (Å²) in [7, 11) is 0. The van der Waals surface area contributed by atoms with Gasteiger partial charge in [0.2, 0.25) is 0 Å². The van der Waals surface area contributed by atoms with Crippen LogP contribution in [0.25, 0.3) is 21.9 Å². The Bertz CT molecular complexity index is 1050. The van der Waals surface area contributed by atoms with E-state index >= 15 is 0 Å². The topological polar surface area (TPSA) is 0 Å². The van der Waals surface area contributed by atoms with Gasteiger partial charge in [-0.15, -0.1) is 40.6 Å². The number of hydrogen-bond acceptors (Lipinski definition) is 0. The number of aryl methyl sites for hydroxylation is 3. The molecule has 0 aliphatic carbocycles. The zero-order chi connectivity index (χ0) is 21.6. The zero-order valence-corrected chi connectivity index (χ0v) is 22.3. The van der Waals surface area contributed by atoms with E-state index in [0.29, 0.717) is 0 Å². The molecule has 0 unspecified atom stereocenters. The van der Waals surface area contributed by atoms with Gasteiger partial charge in [-0.2, -0.15) is 28.3 Å². The van der Waals surface area contributed by atoms with Gasteiger partial charge in [-0.3, -0.25) is 0 Å². The van der Waals surface area contributed by atoms with Crippen molar-refractivity contribution in [3.8, 4) is 11.1 Å². The summed E-state index contributed by atoms with van der Waals surface area (Å²) in [5.41, 5.74) is 9.94. The summed E-state index contributed by atoms with van der Waals surface area (Å²) in [4.78, 5) is 0. The van der Waals surface area contributed by atoms with Crippen LogP contribution < -0.4 is 0 Å². The van der Waals surface area contributed by atoms with E-state index < -0.39 is 0 Å². The second-order valence-corrected chi connectivity index (χ2v) is 17.3. The van der Waals surface area contributed by atoms with Crippen molar-refractivity contribution in [2.75, 3.05) is 0 Å². The van der Waals surface area contributed by atoms with Crippen molar-refractivity contribution in [3.63, 3.8) is 0 Å². The molecule has 0 aliphatic heterocycles. The Kier molecular flexibility index (Phi) is 9.05. The first-order valence-corrected chi connectivity index (χ1v) is 16.3. The zero-order valence-electron chi connectivity index (χ0n) is 18.9. The summed E-state index contributed by atoms with van der Waals surface area (Å²) < 4.78 is 0. The molecule has 2 heteroatoms. The third-order valence-electron chi connectivity index (χ3n) is 5.27. The van der Waals surface area contributed by atoms with E-state index in [4.69, 9.17) is 0 Å². The molecule has 4 aromatic carbocycles. The van der Waals surface area contributed by atoms with Crippen LogP contribution >= 0.6 is 0 Å². The second kappa shape index (κ2) is 11.0. The Labute approximate surface area is 192 Å². The summed E-state index contributed by atoms with van der Waals surface area (Å²) in [5, 5.41) is 2.72. The molecule has 0 atom stereocenters. The van der Waals surface area contributed by atoms with Crippen molar-refractivity contribution in [1.82, 2.24) is 0 Å². The van der Waals surface area contributed by atoms with Gasteiger partial charge in [0.05, 0.1) is 0 Å². The second-order valence-electron chi connectivity index (χ2n) is 7.91. The Morgan fingerprint density at radius 2 is 1.31 bits per heavy atom. The van der Waals surface area contributed by atoms with Crippen molar-refractivity contribution in [1.29, 1.82) is 0 Å². The number of fused-ring (bicyclic) bond motifs is 1. The van der Waals surface area contributed by atoms with Crippen LogP contribution in [0.15, 0.2) is 66.7 Å². The standard InChI is InChI=1S/C16H13.C9H13.C2H6Si.Zr/c1-12-6-5-9-14-10-11-15(16(12)14)13-7-3-2-4-8-13;1-6-5-7(2)9(4)8(6)3;1-3-2;/h2-11H,1H3;5H,1-4H3;1-2H3;/q2*-1;;+2. The van der Waals surface area contributed by atoms with E-state index in [1.165, 1.54) is 49.7 Å². The van der Waals surface area contributed by atoms with Crippen LogP contribution in [0.4, 0.5) is 0 Å². The normalized spacial score (nSPS) is 10.1. The van der Waals surface area contributed by atoms with Gasteiger partial charge in [0.25, 0.3) is 0 Å². The quantitative estimate of drug-likeness (QED) is 0.193. The molecule has 0 nitrogen and oxygen atoms in total. The molecular weight excluding hydrogens is 444 g/mol. The fourth-order valence-corrected chi connectivity index (χ4v) is 3.44. The Hall–Kier alpha value is -1.50. The number of hydrogen-bond donors (Lipinski definition) is 0. The fourth-order valence-electron chi connectivity index (χ4n) is 3.44. The Morgan fingerprint density at radius 3 is 1.79 bits per heavy atom. The van der Waals surface area contributed by atoms with Crippen LogP contribution in [0.5, 0.6) is 0 Å². The molecule has 0 aliphatic rings. The van der Waals surface area contributed by atoms with Crippen molar-refractivity contribution < 1.29 is 23.3 Å². The summed E-state index contributed by atoms with van der Waals surface area (Å²) in [6, 6.07) is 23.7. The van der Waals surface area contributed by atoms with Crippen LogP contribution in [-0.4, -0.2) is 5.43 Å². The van der Waals surface area contributed by atoms with Gasteiger partial charge in [-0.25, -0.2) is 0 Å². The van der Waals surface area contributed by atoms with Gasteiger partial charge in [0.1, 0.15) is 0 Å². The molecule has 0 spiro atoms. The van der Waals surface area contributed by atoms with Gasteiger partial charge in [0, 0.05) is 0 Å². The molecule has 4 aromatic rings. The predicted molar refractivity (Wildman–Crippen MR) is 128 cm³/mol. The number of rotatable bonds is 1. The average Bonchev–Trinajstić information content (AvgIpc) is 3.21. The molecular formula is C27H32SiZr. The van der Waals surface area contributed by atoms with Gasteiger partial charge in [-0.1, -0.05) is 75.2 Å². The average molecular weight is 476 g/mol. The van der Waals surface area contributed by atoms with E-state index in [-0.39, 0.29) is 5.43 Å². The van der Waals surface area contributed by atoms with Crippen molar-refractivity contribution >= 4 is 16.2 Å². The SMILES string of the molecule is C[Si](C)=[Zr+2].Cc1[cH-]c(C)c(C)c1C.Cc1cccc2[cH-]cc(-c3ccccc3)c12. The minimum atomic E-state index is 0.210. The van der Waals surface area contributed by atoms with E-state index in [1.54, 1.807) is 23.3 Å². The van der Waals surface area contributed by atoms with Gasteiger partial charge < -0.3 is 0 Å². The molecule has 0 bridgehead atoms. The van der Waals surface area contributed by atoms with Crippen molar-refractivity contribution in [3.05, 3.63) is 94.5 Å². The van der Waals surface area contributed by atoms with Gasteiger partial charge in [-0.05, 0) is 6.92 Å². The first-order valence-electron chi connectivity index (χ1n) is 10.1. The molecule has 148 valence electrons. The van der Waals surface area contributed by atoms with Crippen molar-refractivity contribution in [2.24, 2.45) is 0 Å². The minimum Gasteiger partial charge on any atom is -0.196 e. The van der Waals surface area contributed by atoms with E-state index in [1.807, 2.05) is 0 Å². The molecule has 0 radical (unpaired) electrons. The van der Waals surface area contributed by atoms with E-state index in [0.717, 1.165) is 0 Å². The summed E-state index contributed by atoms with van der Waals surface area (Å²) >= 11 is 1.74. The molecule has 0 fully saturated rings. The molecule has 0 saturated carbocycles. The smallest absolute Gasteiger partial charge is 0.0487 e. The maximum absolute atomic E-state index is 2.31. The van der Waals surface area contributed by atoms with Gasteiger partial charge >= 0.3 is 41.9 Å². The van der Waals surface area contributed by atoms with Crippen LogP contribution in [-0.2, 0) is 23.3 Å². The molecule has 0 N–H and O–H groups in total. The molecule has 0 aromatic heterocycles. The third kappa shape index (κ3) is 6.49. The van der Waals surface area contributed by atoms with Gasteiger partial charge in [0.15, 0.2) is 0 Å². The third-order valence-corrected chi connectivity index (χ3v) is 5.27. The molecule has 0 heterocycles. The Balaban J connectivity index is 0.000000195. The van der Waals surface area contributed by atoms with Crippen LogP contribution in [0.2, 0.25) is 13.1 Å². The van der Waals surface area contributed by atoms with E-state index in [9.17, 15) is 0 Å². The van der Waals surface area contributed by atoms with Crippen LogP contribution in [0, 0.1) is 34.6 Å². The Morgan fingerprint density at radius 1 is 0.759 bits per heavy atom. The molecule has 4 rings (SSSR count). The molecule has 0 saturated heterocycles. The predicted octanol–water partition coefficient (Wildman–Crippen LogP) is 7.96. The number of benzene rings is 2. The summed E-state index contributed by atoms with van der Waals surface area (Å²) in [6.07, 6.45) is 0. The molecule has 0 amide bonds. The van der Waals surface area contributed by atoms with Crippen LogP contribution in [0.1, 0.15) is 27.8 Å². The first-order chi connectivity index (χ1) is 13.7. The monoisotopic (exact) mass is 474 g/mol. The van der Waals surface area contributed by atoms with Crippen molar-refractivity contribution in [2.45, 2.75) is 47.7 Å².